The molecule has 0 aliphatic heterocycles. The van der Waals surface area contributed by atoms with E-state index in [9.17, 15) is 0 Å². The van der Waals surface area contributed by atoms with E-state index in [4.69, 9.17) is 0 Å². The van der Waals surface area contributed by atoms with Crippen LogP contribution < -0.4 is 4.90 Å². The number of fused-ring (bicyclic) bond motifs is 8. The number of aromatic nitrogens is 1. The summed E-state index contributed by atoms with van der Waals surface area (Å²) < 4.78 is 2.37. The highest BCUT2D eigenvalue weighted by atomic mass is 15.1. The van der Waals surface area contributed by atoms with E-state index in [1.165, 1.54) is 65.6 Å². The number of hydrogen-bond donors (Lipinski definition) is 0. The van der Waals surface area contributed by atoms with Crippen LogP contribution in [0.3, 0.4) is 0 Å². The Morgan fingerprint density at radius 3 is 1.62 bits per heavy atom. The number of hydrogen-bond acceptors (Lipinski definition) is 1. The van der Waals surface area contributed by atoms with E-state index in [-0.39, 0.29) is 0 Å². The lowest BCUT2D eigenvalue weighted by molar-refractivity contribution is 1.02. The predicted molar refractivity (Wildman–Crippen MR) is 201 cm³/mol. The first-order valence-corrected chi connectivity index (χ1v) is 16.2. The van der Waals surface area contributed by atoms with Crippen molar-refractivity contribution in [1.29, 1.82) is 0 Å². The van der Waals surface area contributed by atoms with Crippen LogP contribution in [-0.2, 0) is 7.05 Å². The van der Waals surface area contributed by atoms with E-state index in [0.29, 0.717) is 0 Å². The molecule has 9 rings (SSSR count). The van der Waals surface area contributed by atoms with Gasteiger partial charge in [0.05, 0.1) is 5.52 Å². The molecule has 0 saturated heterocycles. The van der Waals surface area contributed by atoms with Gasteiger partial charge in [0.2, 0.25) is 0 Å². The first kappa shape index (κ1) is 27.2. The lowest BCUT2D eigenvalue weighted by atomic mass is 9.95. The van der Waals surface area contributed by atoms with Gasteiger partial charge in [-0.2, -0.15) is 0 Å². The van der Waals surface area contributed by atoms with Crippen molar-refractivity contribution in [2.45, 2.75) is 0 Å². The Morgan fingerprint density at radius 1 is 0.362 bits per heavy atom. The zero-order chi connectivity index (χ0) is 31.3. The monoisotopic (exact) mass is 600 g/mol. The molecule has 47 heavy (non-hydrogen) atoms. The molecule has 0 aliphatic carbocycles. The third-order valence-electron chi connectivity index (χ3n) is 9.55. The van der Waals surface area contributed by atoms with Gasteiger partial charge in [-0.05, 0) is 86.9 Å². The average Bonchev–Trinajstić information content (AvgIpc) is 3.45. The normalized spacial score (nSPS) is 11.5. The van der Waals surface area contributed by atoms with Crippen LogP contribution >= 0.6 is 0 Å². The zero-order valence-electron chi connectivity index (χ0n) is 26.1. The van der Waals surface area contributed by atoms with E-state index < -0.39 is 0 Å². The number of anilines is 3. The lowest BCUT2D eigenvalue weighted by Crippen LogP contribution is -2.09. The molecule has 0 bridgehead atoms. The molecule has 0 saturated carbocycles. The SMILES string of the molecule is Cn1c2ccc(-c3ccc(N(c4ccccc4)c4cccc(-c5ccccc5)c4)cc3)cc2c2c3ccccc3c3ccccc3c21. The Hall–Kier alpha value is -6.12. The van der Waals surface area contributed by atoms with Crippen LogP contribution in [0.4, 0.5) is 17.1 Å². The Balaban J connectivity index is 1.17. The third-order valence-corrected chi connectivity index (χ3v) is 9.55. The maximum atomic E-state index is 2.38. The molecular formula is C45H32N2. The van der Waals surface area contributed by atoms with Gasteiger partial charge in [0.1, 0.15) is 0 Å². The topological polar surface area (TPSA) is 8.17 Å². The number of nitrogens with zero attached hydrogens (tertiary/aromatic N) is 2. The van der Waals surface area contributed by atoms with Crippen molar-refractivity contribution in [3.05, 3.63) is 176 Å². The molecule has 9 aromatic rings. The van der Waals surface area contributed by atoms with Gasteiger partial charge in [-0.15, -0.1) is 0 Å². The van der Waals surface area contributed by atoms with Crippen LogP contribution in [0, 0.1) is 0 Å². The van der Waals surface area contributed by atoms with E-state index >= 15 is 0 Å². The van der Waals surface area contributed by atoms with Crippen molar-refractivity contribution in [1.82, 2.24) is 4.57 Å². The van der Waals surface area contributed by atoms with Crippen molar-refractivity contribution in [2.75, 3.05) is 4.90 Å². The summed E-state index contributed by atoms with van der Waals surface area (Å²) in [5.74, 6) is 0. The molecule has 1 aromatic heterocycles. The van der Waals surface area contributed by atoms with Crippen LogP contribution in [0.5, 0.6) is 0 Å². The Bertz CT molecular complexity index is 2560. The molecule has 0 unspecified atom stereocenters. The molecular weight excluding hydrogens is 569 g/mol. The highest BCUT2D eigenvalue weighted by Gasteiger charge is 2.17. The summed E-state index contributed by atoms with van der Waals surface area (Å²) in [4.78, 5) is 2.33. The van der Waals surface area contributed by atoms with Crippen LogP contribution in [0.25, 0.3) is 65.6 Å². The summed E-state index contributed by atoms with van der Waals surface area (Å²) in [6.45, 7) is 0. The molecule has 8 aromatic carbocycles. The number of aryl methyl sites for hydroxylation is 1. The van der Waals surface area contributed by atoms with Crippen LogP contribution in [-0.4, -0.2) is 4.57 Å². The highest BCUT2D eigenvalue weighted by Crippen LogP contribution is 2.42. The van der Waals surface area contributed by atoms with Gasteiger partial charge >= 0.3 is 0 Å². The van der Waals surface area contributed by atoms with Crippen LogP contribution in [0.2, 0.25) is 0 Å². The Morgan fingerprint density at radius 2 is 0.872 bits per heavy atom. The van der Waals surface area contributed by atoms with Crippen molar-refractivity contribution in [3.8, 4) is 22.3 Å². The van der Waals surface area contributed by atoms with Gasteiger partial charge in [0, 0.05) is 45.8 Å². The number of benzene rings is 8. The van der Waals surface area contributed by atoms with Crippen molar-refractivity contribution in [2.24, 2.45) is 7.05 Å². The van der Waals surface area contributed by atoms with E-state index in [2.05, 4.69) is 192 Å². The molecule has 0 fully saturated rings. The zero-order valence-corrected chi connectivity index (χ0v) is 26.1. The smallest absolute Gasteiger partial charge is 0.0574 e. The van der Waals surface area contributed by atoms with E-state index in [1.807, 2.05) is 0 Å². The molecule has 0 spiro atoms. The lowest BCUT2D eigenvalue weighted by Gasteiger charge is -2.26. The summed E-state index contributed by atoms with van der Waals surface area (Å²) in [5.41, 5.74) is 10.7. The average molecular weight is 601 g/mol. The molecule has 0 atom stereocenters. The number of rotatable bonds is 5. The molecule has 222 valence electrons. The molecule has 2 heteroatoms. The maximum absolute atomic E-state index is 2.38. The summed E-state index contributed by atoms with van der Waals surface area (Å²) in [5, 5.41) is 7.81. The predicted octanol–water partition coefficient (Wildman–Crippen LogP) is 12.4. The summed E-state index contributed by atoms with van der Waals surface area (Å²) in [6.07, 6.45) is 0. The van der Waals surface area contributed by atoms with Crippen LogP contribution in [0.1, 0.15) is 0 Å². The highest BCUT2D eigenvalue weighted by molar-refractivity contribution is 6.31. The van der Waals surface area contributed by atoms with Gasteiger partial charge in [-0.25, -0.2) is 0 Å². The molecule has 0 amide bonds. The molecule has 0 radical (unpaired) electrons. The molecule has 1 heterocycles. The van der Waals surface area contributed by atoms with Crippen molar-refractivity contribution >= 4 is 60.4 Å². The first-order valence-electron chi connectivity index (χ1n) is 16.2. The summed E-state index contributed by atoms with van der Waals surface area (Å²) in [7, 11) is 2.20. The van der Waals surface area contributed by atoms with Gasteiger partial charge in [-0.3, -0.25) is 0 Å². The molecule has 0 N–H and O–H groups in total. The minimum atomic E-state index is 1.12. The van der Waals surface area contributed by atoms with Crippen molar-refractivity contribution < 1.29 is 0 Å². The second-order valence-corrected chi connectivity index (χ2v) is 12.2. The second-order valence-electron chi connectivity index (χ2n) is 12.2. The maximum Gasteiger partial charge on any atom is 0.0574 e. The minimum absolute atomic E-state index is 1.12. The quantitative estimate of drug-likeness (QED) is 0.178. The standard InChI is InChI=1S/C45H32N2/c1-46-43-28-25-34(30-42(43)44-40-21-10-8-19-38(40)39-20-9-11-22-41(39)45(44)46)32-23-26-36(27-24-32)47(35-16-6-3-7-17-35)37-18-12-15-33(29-37)31-13-4-2-5-14-31/h2-30H,1H3. The largest absolute Gasteiger partial charge is 0.343 e. The van der Waals surface area contributed by atoms with Crippen LogP contribution in [0.15, 0.2) is 176 Å². The third kappa shape index (κ3) is 4.49. The van der Waals surface area contributed by atoms with Gasteiger partial charge in [0.15, 0.2) is 0 Å². The first-order chi connectivity index (χ1) is 23.2. The van der Waals surface area contributed by atoms with E-state index in [1.54, 1.807) is 0 Å². The number of para-hydroxylation sites is 1. The summed E-state index contributed by atoms with van der Waals surface area (Å²) >= 11 is 0. The fourth-order valence-electron chi connectivity index (χ4n) is 7.35. The Kier molecular flexibility index (Phi) is 6.39. The van der Waals surface area contributed by atoms with Crippen molar-refractivity contribution in [3.63, 3.8) is 0 Å². The summed E-state index contributed by atoms with van der Waals surface area (Å²) in [6, 6.07) is 63.6. The fraction of sp³-hybridized carbons (Fsp3) is 0.0222. The van der Waals surface area contributed by atoms with Gasteiger partial charge in [-0.1, -0.05) is 127 Å². The Labute approximate surface area is 274 Å². The van der Waals surface area contributed by atoms with Gasteiger partial charge in [0.25, 0.3) is 0 Å². The van der Waals surface area contributed by atoms with E-state index in [0.717, 1.165) is 17.1 Å². The molecule has 0 aliphatic rings. The minimum Gasteiger partial charge on any atom is -0.343 e. The molecule has 2 nitrogen and oxygen atoms in total. The second kappa shape index (κ2) is 11.0. The van der Waals surface area contributed by atoms with Gasteiger partial charge < -0.3 is 9.47 Å². The fourth-order valence-corrected chi connectivity index (χ4v) is 7.35.